The molecule has 8 heteroatoms. The minimum atomic E-state index is -0.371. The number of morpholine rings is 1. The fourth-order valence-electron chi connectivity index (χ4n) is 4.87. The lowest BCUT2D eigenvalue weighted by Gasteiger charge is -2.26. The fourth-order valence-corrected chi connectivity index (χ4v) is 5.97. The van der Waals surface area contributed by atoms with Crippen molar-refractivity contribution in [1.82, 2.24) is 14.8 Å². The molecular weight excluding hydrogens is 470 g/mol. The average molecular weight is 492 g/mol. The number of hydrogen-bond acceptors (Lipinski definition) is 5. The second-order valence-electron chi connectivity index (χ2n) is 8.53. The highest BCUT2D eigenvalue weighted by atomic mass is 35.5. The van der Waals surface area contributed by atoms with Crippen LogP contribution in [0.25, 0.3) is 32.1 Å². The van der Waals surface area contributed by atoms with E-state index in [4.69, 9.17) is 16.3 Å². The Labute approximate surface area is 205 Å². The van der Waals surface area contributed by atoms with Crippen LogP contribution in [0.5, 0.6) is 0 Å². The summed E-state index contributed by atoms with van der Waals surface area (Å²) in [5.74, 6) is -0.734. The number of nitrogens with one attached hydrogen (secondary N) is 1. The second-order valence-corrected chi connectivity index (χ2v) is 9.88. The lowest BCUT2D eigenvalue weighted by Crippen LogP contribution is -2.38. The first-order chi connectivity index (χ1) is 16.6. The number of benzene rings is 2. The maximum atomic E-state index is 13.1. The number of halogens is 1. The summed E-state index contributed by atoms with van der Waals surface area (Å²) in [4.78, 5) is 28.5. The number of amides is 2. The summed E-state index contributed by atoms with van der Waals surface area (Å²) in [6.45, 7) is 5.05. The quantitative estimate of drug-likeness (QED) is 0.420. The molecule has 4 heterocycles. The Bertz CT molecular complexity index is 1480. The smallest absolute Gasteiger partial charge is 0.259 e. The molecule has 0 spiro atoms. The van der Waals surface area contributed by atoms with Gasteiger partial charge < -0.3 is 9.30 Å². The highest BCUT2D eigenvalue weighted by molar-refractivity contribution is 7.17. The first-order valence-corrected chi connectivity index (χ1v) is 12.5. The Balaban J connectivity index is 1.49. The van der Waals surface area contributed by atoms with Gasteiger partial charge in [-0.25, -0.2) is 0 Å². The Kier molecular flexibility index (Phi) is 5.50. The number of hydrogen-bond donors (Lipinski definition) is 1. The molecule has 0 bridgehead atoms. The summed E-state index contributed by atoms with van der Waals surface area (Å²) in [5, 5.41) is 6.90. The minimum absolute atomic E-state index is 0.363. The monoisotopic (exact) mass is 491 g/mol. The molecule has 0 saturated carbocycles. The van der Waals surface area contributed by atoms with Crippen LogP contribution < -0.4 is 5.32 Å². The summed E-state index contributed by atoms with van der Waals surface area (Å²) in [7, 11) is 0. The van der Waals surface area contributed by atoms with E-state index in [1.54, 1.807) is 0 Å². The number of rotatable bonds is 5. The summed E-state index contributed by atoms with van der Waals surface area (Å²) in [6, 6.07) is 13.7. The van der Waals surface area contributed by atoms with Crippen LogP contribution in [0.1, 0.15) is 11.1 Å². The van der Waals surface area contributed by atoms with Crippen molar-refractivity contribution in [2.45, 2.75) is 6.54 Å². The maximum absolute atomic E-state index is 13.1. The highest BCUT2D eigenvalue weighted by Gasteiger charge is 2.35. The molecule has 4 aromatic rings. The van der Waals surface area contributed by atoms with Crippen molar-refractivity contribution in [2.24, 2.45) is 0 Å². The second kappa shape index (κ2) is 8.67. The van der Waals surface area contributed by atoms with Gasteiger partial charge in [-0.2, -0.15) is 0 Å². The van der Waals surface area contributed by atoms with E-state index in [9.17, 15) is 9.59 Å². The van der Waals surface area contributed by atoms with Gasteiger partial charge in [-0.3, -0.25) is 19.8 Å². The zero-order chi connectivity index (χ0) is 23.2. The Morgan fingerprint density at radius 2 is 1.71 bits per heavy atom. The van der Waals surface area contributed by atoms with Crippen molar-refractivity contribution >= 4 is 66.9 Å². The molecule has 6 rings (SSSR count). The first-order valence-electron chi connectivity index (χ1n) is 11.3. The van der Waals surface area contributed by atoms with Gasteiger partial charge in [0, 0.05) is 74.9 Å². The van der Waals surface area contributed by atoms with Crippen LogP contribution in [0, 0.1) is 0 Å². The van der Waals surface area contributed by atoms with E-state index in [1.165, 1.54) is 11.3 Å². The van der Waals surface area contributed by atoms with Crippen LogP contribution in [0.3, 0.4) is 0 Å². The lowest BCUT2D eigenvalue weighted by molar-refractivity contribution is -0.122. The van der Waals surface area contributed by atoms with Gasteiger partial charge >= 0.3 is 0 Å². The summed E-state index contributed by atoms with van der Waals surface area (Å²) >= 11 is 7.80. The van der Waals surface area contributed by atoms with E-state index in [1.807, 2.05) is 48.0 Å². The number of ether oxygens (including phenoxy) is 1. The van der Waals surface area contributed by atoms with E-state index in [2.05, 4.69) is 20.9 Å². The molecule has 1 saturated heterocycles. The van der Waals surface area contributed by atoms with Crippen LogP contribution in [-0.4, -0.2) is 54.1 Å². The Morgan fingerprint density at radius 3 is 2.53 bits per heavy atom. The largest absolute Gasteiger partial charge is 0.379 e. The molecule has 34 heavy (non-hydrogen) atoms. The van der Waals surface area contributed by atoms with Gasteiger partial charge in [0.1, 0.15) is 0 Å². The molecule has 1 N–H and O–H groups in total. The van der Waals surface area contributed by atoms with Crippen molar-refractivity contribution < 1.29 is 14.3 Å². The molecule has 2 aliphatic heterocycles. The van der Waals surface area contributed by atoms with Crippen molar-refractivity contribution in [3.8, 4) is 0 Å². The normalized spacial score (nSPS) is 17.3. The van der Waals surface area contributed by atoms with E-state index in [-0.39, 0.29) is 11.8 Å². The van der Waals surface area contributed by atoms with Gasteiger partial charge in [0.2, 0.25) is 0 Å². The fraction of sp³-hybridized carbons (Fsp3) is 0.231. The molecule has 172 valence electrons. The maximum Gasteiger partial charge on any atom is 0.259 e. The Hall–Kier alpha value is -2.97. The molecule has 2 aromatic carbocycles. The third-order valence-corrected chi connectivity index (χ3v) is 7.75. The SMILES string of the molecule is O=C1NC(=O)C(c2cn(CCN3CCOCC3)c3ccccc23)=C1c1csc2ccc(Cl)cc12. The summed E-state index contributed by atoms with van der Waals surface area (Å²) < 4.78 is 8.67. The van der Waals surface area contributed by atoms with Gasteiger partial charge in [0.25, 0.3) is 11.8 Å². The molecular formula is C26H22ClN3O3S. The number of carbonyl (C=O) groups is 2. The van der Waals surface area contributed by atoms with E-state index >= 15 is 0 Å². The number of carbonyl (C=O) groups excluding carboxylic acids is 2. The standard InChI is InChI=1S/C26H22ClN3O3S/c27-16-5-6-22-18(13-16)20(15-34-22)24-23(25(31)28-26(24)32)19-14-30(21-4-2-1-3-17(19)21)8-7-29-9-11-33-12-10-29/h1-6,13-15H,7-12H2,(H,28,31,32). The topological polar surface area (TPSA) is 63.6 Å². The van der Waals surface area contributed by atoms with Crippen LogP contribution >= 0.6 is 22.9 Å². The molecule has 2 amide bonds. The number of nitrogens with zero attached hydrogens (tertiary/aromatic N) is 2. The van der Waals surface area contributed by atoms with Gasteiger partial charge in [0.15, 0.2) is 0 Å². The zero-order valence-corrected chi connectivity index (χ0v) is 19.9. The van der Waals surface area contributed by atoms with Gasteiger partial charge in [-0.05, 0) is 24.3 Å². The van der Waals surface area contributed by atoms with Gasteiger partial charge in [-0.15, -0.1) is 11.3 Å². The van der Waals surface area contributed by atoms with E-state index < -0.39 is 0 Å². The predicted octanol–water partition coefficient (Wildman–Crippen LogP) is 4.41. The molecule has 1 fully saturated rings. The Morgan fingerprint density at radius 1 is 0.941 bits per heavy atom. The molecule has 2 aliphatic rings. The highest BCUT2D eigenvalue weighted by Crippen LogP contribution is 2.40. The predicted molar refractivity (Wildman–Crippen MR) is 136 cm³/mol. The zero-order valence-electron chi connectivity index (χ0n) is 18.3. The van der Waals surface area contributed by atoms with Crippen molar-refractivity contribution in [3.63, 3.8) is 0 Å². The van der Waals surface area contributed by atoms with Crippen molar-refractivity contribution in [1.29, 1.82) is 0 Å². The van der Waals surface area contributed by atoms with E-state index in [0.29, 0.717) is 16.2 Å². The number of aromatic nitrogens is 1. The number of para-hydroxylation sites is 1. The first kappa shape index (κ1) is 21.6. The lowest BCUT2D eigenvalue weighted by atomic mass is 9.95. The van der Waals surface area contributed by atoms with Crippen LogP contribution in [0.4, 0.5) is 0 Å². The third-order valence-electron chi connectivity index (χ3n) is 6.55. The van der Waals surface area contributed by atoms with Gasteiger partial charge in [-0.1, -0.05) is 29.8 Å². The number of thiophene rings is 1. The van der Waals surface area contributed by atoms with Crippen LogP contribution in [0.2, 0.25) is 5.02 Å². The molecule has 0 aliphatic carbocycles. The molecule has 6 nitrogen and oxygen atoms in total. The minimum Gasteiger partial charge on any atom is -0.379 e. The van der Waals surface area contributed by atoms with Crippen LogP contribution in [-0.2, 0) is 20.9 Å². The number of fused-ring (bicyclic) bond motifs is 2. The van der Waals surface area contributed by atoms with Crippen LogP contribution in [0.15, 0.2) is 54.0 Å². The number of imide groups is 1. The van der Waals surface area contributed by atoms with Crippen molar-refractivity contribution in [3.05, 3.63) is 70.2 Å². The molecule has 0 atom stereocenters. The molecule has 0 unspecified atom stereocenters. The summed E-state index contributed by atoms with van der Waals surface area (Å²) in [6.07, 6.45) is 2.01. The third kappa shape index (κ3) is 3.65. The molecule has 2 aromatic heterocycles. The summed E-state index contributed by atoms with van der Waals surface area (Å²) in [5.41, 5.74) is 3.40. The molecule has 0 radical (unpaired) electrons. The van der Waals surface area contributed by atoms with Crippen molar-refractivity contribution in [2.75, 3.05) is 32.8 Å². The van der Waals surface area contributed by atoms with E-state index in [0.717, 1.165) is 71.5 Å². The average Bonchev–Trinajstić information content (AvgIpc) is 3.50. The van der Waals surface area contributed by atoms with Gasteiger partial charge in [0.05, 0.1) is 24.4 Å².